The van der Waals surface area contributed by atoms with Gasteiger partial charge in [-0.05, 0) is 18.6 Å². The van der Waals surface area contributed by atoms with Gasteiger partial charge in [-0.3, -0.25) is 4.79 Å². The Hall–Kier alpha value is -1.53. The minimum atomic E-state index is -0.719. The van der Waals surface area contributed by atoms with Gasteiger partial charge in [0.2, 0.25) is 5.91 Å². The standard InChI is InChI=1S/C16H17Cl2FN2O3/c17-11-2-1-3-12(18)10(11)9-21-13-4-6-20(14(13)8-15(21)22)16(23)24-7-5-19/h1-3,13-14H,4-9H2/t13-,14-/m0/s1. The van der Waals surface area contributed by atoms with Gasteiger partial charge in [0, 0.05) is 35.1 Å². The van der Waals surface area contributed by atoms with Gasteiger partial charge in [0.1, 0.15) is 13.3 Å². The molecule has 24 heavy (non-hydrogen) atoms. The molecule has 130 valence electrons. The summed E-state index contributed by atoms with van der Waals surface area (Å²) in [7, 11) is 0. The monoisotopic (exact) mass is 374 g/mol. The Morgan fingerprint density at radius 1 is 1.29 bits per heavy atom. The minimum absolute atomic E-state index is 0.0519. The van der Waals surface area contributed by atoms with Crippen LogP contribution < -0.4 is 0 Å². The van der Waals surface area contributed by atoms with Gasteiger partial charge in [-0.1, -0.05) is 29.3 Å². The smallest absolute Gasteiger partial charge is 0.410 e. The number of carbonyl (C=O) groups excluding carboxylic acids is 2. The predicted octanol–water partition coefficient (Wildman–Crippen LogP) is 3.27. The third-order valence-corrected chi connectivity index (χ3v) is 5.25. The molecule has 2 saturated heterocycles. The molecule has 2 heterocycles. The van der Waals surface area contributed by atoms with Gasteiger partial charge >= 0.3 is 6.09 Å². The first kappa shape index (κ1) is 17.3. The maximum Gasteiger partial charge on any atom is 0.410 e. The van der Waals surface area contributed by atoms with Crippen molar-refractivity contribution in [2.24, 2.45) is 0 Å². The van der Waals surface area contributed by atoms with Gasteiger partial charge in [0.25, 0.3) is 0 Å². The number of halogens is 3. The molecule has 1 aromatic rings. The van der Waals surface area contributed by atoms with Crippen LogP contribution in [-0.4, -0.2) is 53.7 Å². The van der Waals surface area contributed by atoms with Crippen LogP contribution in [-0.2, 0) is 16.1 Å². The van der Waals surface area contributed by atoms with Crippen LogP contribution in [0.3, 0.4) is 0 Å². The Morgan fingerprint density at radius 2 is 2.00 bits per heavy atom. The molecule has 2 fully saturated rings. The lowest BCUT2D eigenvalue weighted by Gasteiger charge is -2.25. The van der Waals surface area contributed by atoms with Gasteiger partial charge in [0.15, 0.2) is 0 Å². The van der Waals surface area contributed by atoms with E-state index in [1.165, 1.54) is 4.90 Å². The molecule has 1 aromatic carbocycles. The van der Waals surface area contributed by atoms with Crippen LogP contribution in [0.1, 0.15) is 18.4 Å². The molecule has 3 rings (SSSR count). The number of nitrogens with zero attached hydrogens (tertiary/aromatic N) is 2. The van der Waals surface area contributed by atoms with E-state index in [1.54, 1.807) is 23.1 Å². The molecule has 0 radical (unpaired) electrons. The molecule has 0 bridgehead atoms. The van der Waals surface area contributed by atoms with E-state index in [0.717, 1.165) is 0 Å². The number of ether oxygens (including phenoxy) is 1. The summed E-state index contributed by atoms with van der Waals surface area (Å²) in [5.41, 5.74) is 0.702. The van der Waals surface area contributed by atoms with Gasteiger partial charge < -0.3 is 14.5 Å². The second-order valence-electron chi connectivity index (χ2n) is 5.85. The Kier molecular flexibility index (Phi) is 5.15. The summed E-state index contributed by atoms with van der Waals surface area (Å²) in [6, 6.07) is 4.88. The first-order valence-corrected chi connectivity index (χ1v) is 8.50. The fourth-order valence-electron chi connectivity index (χ4n) is 3.42. The van der Waals surface area contributed by atoms with Crippen LogP contribution in [0.4, 0.5) is 9.18 Å². The van der Waals surface area contributed by atoms with E-state index in [4.69, 9.17) is 27.9 Å². The first-order valence-electron chi connectivity index (χ1n) is 7.74. The molecule has 0 N–H and O–H groups in total. The second-order valence-corrected chi connectivity index (χ2v) is 6.66. The third-order valence-electron chi connectivity index (χ3n) is 4.54. The number of hydrogen-bond acceptors (Lipinski definition) is 3. The van der Waals surface area contributed by atoms with E-state index in [1.807, 2.05) is 0 Å². The largest absolute Gasteiger partial charge is 0.447 e. The highest BCUT2D eigenvalue weighted by Crippen LogP contribution is 2.36. The van der Waals surface area contributed by atoms with Crippen LogP contribution in [0.2, 0.25) is 10.0 Å². The van der Waals surface area contributed by atoms with Gasteiger partial charge in [-0.2, -0.15) is 0 Å². The lowest BCUT2D eigenvalue weighted by molar-refractivity contribution is -0.129. The van der Waals surface area contributed by atoms with E-state index in [0.29, 0.717) is 35.1 Å². The number of amides is 2. The highest BCUT2D eigenvalue weighted by Gasteiger charge is 2.48. The van der Waals surface area contributed by atoms with Gasteiger partial charge in [-0.25, -0.2) is 9.18 Å². The number of rotatable bonds is 4. The van der Waals surface area contributed by atoms with Gasteiger partial charge in [-0.15, -0.1) is 0 Å². The van der Waals surface area contributed by atoms with E-state index < -0.39 is 12.8 Å². The average Bonchev–Trinajstić information content (AvgIpc) is 3.08. The van der Waals surface area contributed by atoms with E-state index in [9.17, 15) is 14.0 Å². The van der Waals surface area contributed by atoms with Crippen molar-refractivity contribution < 1.29 is 18.7 Å². The molecule has 5 nitrogen and oxygen atoms in total. The zero-order valence-electron chi connectivity index (χ0n) is 12.9. The Balaban J connectivity index is 1.74. The third kappa shape index (κ3) is 3.17. The maximum atomic E-state index is 12.4. The summed E-state index contributed by atoms with van der Waals surface area (Å²) in [6.07, 6.45) is 0.325. The maximum absolute atomic E-state index is 12.4. The van der Waals surface area contributed by atoms with E-state index >= 15 is 0 Å². The van der Waals surface area contributed by atoms with Crippen molar-refractivity contribution >= 4 is 35.2 Å². The quantitative estimate of drug-likeness (QED) is 0.812. The number of hydrogen-bond donors (Lipinski definition) is 0. The minimum Gasteiger partial charge on any atom is -0.447 e. The van der Waals surface area contributed by atoms with Crippen LogP contribution in [0, 0.1) is 0 Å². The predicted molar refractivity (Wildman–Crippen MR) is 87.9 cm³/mol. The molecule has 8 heteroatoms. The molecule has 2 atom stereocenters. The van der Waals surface area contributed by atoms with Gasteiger partial charge in [0.05, 0.1) is 12.1 Å². The van der Waals surface area contributed by atoms with Crippen molar-refractivity contribution in [3.05, 3.63) is 33.8 Å². The zero-order chi connectivity index (χ0) is 17.3. The average molecular weight is 375 g/mol. The van der Waals surface area contributed by atoms with E-state index in [-0.39, 0.29) is 31.0 Å². The summed E-state index contributed by atoms with van der Waals surface area (Å²) in [6.45, 7) is -0.185. The first-order chi connectivity index (χ1) is 11.5. The molecule has 0 saturated carbocycles. The molecule has 2 aliphatic rings. The van der Waals surface area contributed by atoms with E-state index in [2.05, 4.69) is 0 Å². The molecular weight excluding hydrogens is 358 g/mol. The van der Waals surface area contributed by atoms with Crippen molar-refractivity contribution in [1.29, 1.82) is 0 Å². The molecule has 0 aliphatic carbocycles. The highest BCUT2D eigenvalue weighted by atomic mass is 35.5. The summed E-state index contributed by atoms with van der Waals surface area (Å²) >= 11 is 12.4. The number of alkyl halides is 1. The molecular formula is C16H17Cl2FN2O3. The number of benzene rings is 1. The summed E-state index contributed by atoms with van der Waals surface area (Å²) < 4.78 is 17.0. The summed E-state index contributed by atoms with van der Waals surface area (Å²) in [4.78, 5) is 27.6. The van der Waals surface area contributed by atoms with Crippen molar-refractivity contribution in [1.82, 2.24) is 9.80 Å². The fraction of sp³-hybridized carbons (Fsp3) is 0.500. The molecule has 2 aliphatic heterocycles. The van der Waals surface area contributed by atoms with Crippen LogP contribution in [0.15, 0.2) is 18.2 Å². The number of carbonyl (C=O) groups is 2. The van der Waals surface area contributed by atoms with Crippen molar-refractivity contribution in [2.45, 2.75) is 31.5 Å². The van der Waals surface area contributed by atoms with Crippen LogP contribution in [0.25, 0.3) is 0 Å². The molecule has 0 unspecified atom stereocenters. The normalized spacial score (nSPS) is 22.9. The molecule has 2 amide bonds. The van der Waals surface area contributed by atoms with Crippen molar-refractivity contribution in [3.63, 3.8) is 0 Å². The zero-order valence-corrected chi connectivity index (χ0v) is 14.4. The van der Waals surface area contributed by atoms with Crippen LogP contribution in [0.5, 0.6) is 0 Å². The summed E-state index contributed by atoms with van der Waals surface area (Å²) in [5, 5.41) is 1.02. The molecule has 0 aromatic heterocycles. The lowest BCUT2D eigenvalue weighted by Crippen LogP contribution is -2.40. The number of likely N-dealkylation sites (tertiary alicyclic amines) is 2. The second kappa shape index (κ2) is 7.15. The Labute approximate surface area is 149 Å². The molecule has 0 spiro atoms. The highest BCUT2D eigenvalue weighted by molar-refractivity contribution is 6.36. The fourth-order valence-corrected chi connectivity index (χ4v) is 3.94. The van der Waals surface area contributed by atoms with Crippen molar-refractivity contribution in [2.75, 3.05) is 19.8 Å². The summed E-state index contributed by atoms with van der Waals surface area (Å²) in [5.74, 6) is -0.0519. The van der Waals surface area contributed by atoms with Crippen LogP contribution >= 0.6 is 23.2 Å². The lowest BCUT2D eigenvalue weighted by atomic mass is 10.1. The number of fused-ring (bicyclic) bond motifs is 1. The SMILES string of the molecule is O=C1C[C@H]2[C@H](CCN2C(=O)OCCF)N1Cc1c(Cl)cccc1Cl. The topological polar surface area (TPSA) is 49.9 Å². The van der Waals surface area contributed by atoms with Crippen molar-refractivity contribution in [3.8, 4) is 0 Å². The Morgan fingerprint density at radius 3 is 2.67 bits per heavy atom. The Bertz CT molecular complexity index is 638.